The van der Waals surface area contributed by atoms with Gasteiger partial charge < -0.3 is 10.1 Å². The molecule has 18 heavy (non-hydrogen) atoms. The average Bonchev–Trinajstić information content (AvgIpc) is 2.79. The fraction of sp³-hybridized carbons (Fsp3) is 0.625. The Balaban J connectivity index is 1.91. The van der Waals surface area contributed by atoms with Gasteiger partial charge in [0, 0.05) is 17.5 Å². The van der Waals surface area contributed by atoms with Crippen molar-refractivity contribution in [3.05, 3.63) is 29.8 Å². The maximum absolute atomic E-state index is 5.75. The highest BCUT2D eigenvalue weighted by atomic mass is 16.5. The second-order valence-electron chi connectivity index (χ2n) is 5.50. The first-order valence-electron chi connectivity index (χ1n) is 7.17. The second-order valence-corrected chi connectivity index (χ2v) is 5.50. The van der Waals surface area contributed by atoms with Crippen LogP contribution >= 0.6 is 0 Å². The van der Waals surface area contributed by atoms with E-state index in [0.717, 1.165) is 18.9 Å². The summed E-state index contributed by atoms with van der Waals surface area (Å²) in [5.74, 6) is 2.34. The number of benzene rings is 1. The molecular formula is C16H25NO. The van der Waals surface area contributed by atoms with Gasteiger partial charge in [-0.2, -0.15) is 0 Å². The van der Waals surface area contributed by atoms with Crippen LogP contribution in [0.3, 0.4) is 0 Å². The van der Waals surface area contributed by atoms with Gasteiger partial charge in [-0.15, -0.1) is 0 Å². The van der Waals surface area contributed by atoms with Crippen molar-refractivity contribution in [2.45, 2.75) is 45.6 Å². The molecule has 0 saturated heterocycles. The van der Waals surface area contributed by atoms with E-state index in [4.69, 9.17) is 4.74 Å². The third kappa shape index (κ3) is 3.05. The van der Waals surface area contributed by atoms with Gasteiger partial charge in [-0.05, 0) is 38.3 Å². The third-order valence-electron chi connectivity index (χ3n) is 4.03. The Morgan fingerprint density at radius 3 is 2.89 bits per heavy atom. The molecule has 100 valence electrons. The zero-order valence-corrected chi connectivity index (χ0v) is 11.8. The summed E-state index contributed by atoms with van der Waals surface area (Å²) in [6, 6.07) is 9.04. The zero-order chi connectivity index (χ0) is 13.0. The molecule has 3 unspecified atom stereocenters. The summed E-state index contributed by atoms with van der Waals surface area (Å²) >= 11 is 0. The lowest BCUT2D eigenvalue weighted by Gasteiger charge is -2.23. The summed E-state index contributed by atoms with van der Waals surface area (Å²) in [6.45, 7) is 8.81. The standard InChI is InChI=1S/C16H25NO/c1-4-9-17-13(3)12(2)10-14-11-18-16-8-6-5-7-15(14)16/h5-8,12-14,17H,4,9-11H2,1-3H3. The Hall–Kier alpha value is -1.02. The maximum atomic E-state index is 5.75. The SMILES string of the molecule is CCCNC(C)C(C)CC1COc2ccccc21. The van der Waals surface area contributed by atoms with E-state index in [1.807, 2.05) is 0 Å². The third-order valence-corrected chi connectivity index (χ3v) is 4.03. The molecule has 2 rings (SSSR count). The molecule has 1 N–H and O–H groups in total. The molecule has 0 fully saturated rings. The van der Waals surface area contributed by atoms with Crippen molar-refractivity contribution < 1.29 is 4.74 Å². The van der Waals surface area contributed by atoms with E-state index in [-0.39, 0.29) is 0 Å². The molecule has 2 nitrogen and oxygen atoms in total. The summed E-state index contributed by atoms with van der Waals surface area (Å²) in [5.41, 5.74) is 1.40. The minimum absolute atomic E-state index is 0.571. The first-order valence-corrected chi connectivity index (χ1v) is 7.17. The smallest absolute Gasteiger partial charge is 0.122 e. The Morgan fingerprint density at radius 1 is 1.33 bits per heavy atom. The molecule has 0 radical (unpaired) electrons. The Labute approximate surface area is 111 Å². The van der Waals surface area contributed by atoms with Gasteiger partial charge in [0.15, 0.2) is 0 Å². The average molecular weight is 247 g/mol. The van der Waals surface area contributed by atoms with Crippen LogP contribution in [0.25, 0.3) is 0 Å². The van der Waals surface area contributed by atoms with Crippen LogP contribution in [-0.2, 0) is 0 Å². The Kier molecular flexibility index (Phi) is 4.65. The van der Waals surface area contributed by atoms with E-state index < -0.39 is 0 Å². The van der Waals surface area contributed by atoms with Gasteiger partial charge in [0.25, 0.3) is 0 Å². The molecule has 3 atom stereocenters. The van der Waals surface area contributed by atoms with Crippen LogP contribution in [0, 0.1) is 5.92 Å². The molecule has 1 aliphatic rings. The van der Waals surface area contributed by atoms with Gasteiger partial charge in [-0.1, -0.05) is 32.0 Å². The first-order chi connectivity index (χ1) is 8.72. The molecule has 0 saturated carbocycles. The molecule has 0 spiro atoms. The number of rotatable bonds is 6. The van der Waals surface area contributed by atoms with Crippen molar-refractivity contribution in [2.75, 3.05) is 13.2 Å². The minimum Gasteiger partial charge on any atom is -0.493 e. The summed E-state index contributed by atoms with van der Waals surface area (Å²) in [5, 5.41) is 3.59. The van der Waals surface area contributed by atoms with E-state index in [2.05, 4.69) is 50.4 Å². The molecule has 1 aromatic rings. The van der Waals surface area contributed by atoms with Crippen LogP contribution in [0.2, 0.25) is 0 Å². The lowest BCUT2D eigenvalue weighted by molar-refractivity contribution is 0.290. The van der Waals surface area contributed by atoms with Crippen LogP contribution in [-0.4, -0.2) is 19.2 Å². The molecule has 1 aliphatic heterocycles. The van der Waals surface area contributed by atoms with Crippen LogP contribution in [0.15, 0.2) is 24.3 Å². The van der Waals surface area contributed by atoms with Crippen molar-refractivity contribution in [2.24, 2.45) is 5.92 Å². The molecule has 0 bridgehead atoms. The molecule has 0 aromatic heterocycles. The van der Waals surface area contributed by atoms with Crippen molar-refractivity contribution in [1.82, 2.24) is 5.32 Å². The molecule has 1 aromatic carbocycles. The molecule has 0 amide bonds. The monoisotopic (exact) mass is 247 g/mol. The predicted molar refractivity (Wildman–Crippen MR) is 76.2 cm³/mol. The number of nitrogens with one attached hydrogen (secondary N) is 1. The van der Waals surface area contributed by atoms with Gasteiger partial charge in [0.05, 0.1) is 6.61 Å². The van der Waals surface area contributed by atoms with E-state index in [1.165, 1.54) is 18.4 Å². The van der Waals surface area contributed by atoms with Crippen LogP contribution in [0.5, 0.6) is 5.75 Å². The molecule has 0 aliphatic carbocycles. The first kappa shape index (κ1) is 13.4. The van der Waals surface area contributed by atoms with Gasteiger partial charge in [0.2, 0.25) is 0 Å². The number of hydrogen-bond donors (Lipinski definition) is 1. The van der Waals surface area contributed by atoms with E-state index in [1.54, 1.807) is 0 Å². The van der Waals surface area contributed by atoms with Crippen molar-refractivity contribution in [3.8, 4) is 5.75 Å². The van der Waals surface area contributed by atoms with Crippen molar-refractivity contribution in [3.63, 3.8) is 0 Å². The number of para-hydroxylation sites is 1. The summed E-state index contributed by atoms with van der Waals surface area (Å²) in [6.07, 6.45) is 2.40. The van der Waals surface area contributed by atoms with Crippen molar-refractivity contribution in [1.29, 1.82) is 0 Å². The Bertz CT molecular complexity index is 377. The highest BCUT2D eigenvalue weighted by molar-refractivity contribution is 5.39. The molecular weight excluding hydrogens is 222 g/mol. The van der Waals surface area contributed by atoms with Gasteiger partial charge >= 0.3 is 0 Å². The lowest BCUT2D eigenvalue weighted by Crippen LogP contribution is -2.33. The number of ether oxygens (including phenoxy) is 1. The molecule has 2 heteroatoms. The maximum Gasteiger partial charge on any atom is 0.122 e. The largest absolute Gasteiger partial charge is 0.493 e. The van der Waals surface area contributed by atoms with Gasteiger partial charge in [-0.25, -0.2) is 0 Å². The topological polar surface area (TPSA) is 21.3 Å². The fourth-order valence-electron chi connectivity index (χ4n) is 2.65. The quantitative estimate of drug-likeness (QED) is 0.829. The number of hydrogen-bond acceptors (Lipinski definition) is 2. The predicted octanol–water partition coefficient (Wildman–Crippen LogP) is 3.58. The fourth-order valence-corrected chi connectivity index (χ4v) is 2.65. The van der Waals surface area contributed by atoms with Crippen LogP contribution < -0.4 is 10.1 Å². The number of fused-ring (bicyclic) bond motifs is 1. The Morgan fingerprint density at radius 2 is 2.11 bits per heavy atom. The summed E-state index contributed by atoms with van der Waals surface area (Å²) in [4.78, 5) is 0. The van der Waals surface area contributed by atoms with Crippen molar-refractivity contribution >= 4 is 0 Å². The lowest BCUT2D eigenvalue weighted by atomic mass is 9.88. The highest BCUT2D eigenvalue weighted by Gasteiger charge is 2.26. The zero-order valence-electron chi connectivity index (χ0n) is 11.8. The summed E-state index contributed by atoms with van der Waals surface area (Å²) in [7, 11) is 0. The van der Waals surface area contributed by atoms with Crippen LogP contribution in [0.4, 0.5) is 0 Å². The minimum atomic E-state index is 0.571. The van der Waals surface area contributed by atoms with E-state index >= 15 is 0 Å². The molecule has 1 heterocycles. The highest BCUT2D eigenvalue weighted by Crippen LogP contribution is 2.37. The van der Waals surface area contributed by atoms with Crippen LogP contribution in [0.1, 0.15) is 45.1 Å². The second kappa shape index (κ2) is 6.24. The van der Waals surface area contributed by atoms with E-state index in [9.17, 15) is 0 Å². The van der Waals surface area contributed by atoms with E-state index in [0.29, 0.717) is 17.9 Å². The summed E-state index contributed by atoms with van der Waals surface area (Å²) < 4.78 is 5.75. The normalized spacial score (nSPS) is 21.2. The van der Waals surface area contributed by atoms with Gasteiger partial charge in [-0.3, -0.25) is 0 Å². The van der Waals surface area contributed by atoms with Gasteiger partial charge in [0.1, 0.15) is 5.75 Å².